The normalized spacial score (nSPS) is 18.6. The number of phenols is 1. The van der Waals surface area contributed by atoms with Gasteiger partial charge in [0, 0.05) is 6.04 Å². The van der Waals surface area contributed by atoms with E-state index in [-0.39, 0.29) is 0 Å². The first-order valence-electron chi connectivity index (χ1n) is 6.85. The van der Waals surface area contributed by atoms with E-state index in [9.17, 15) is 5.11 Å². The Morgan fingerprint density at radius 1 is 1.39 bits per heavy atom. The Labute approximate surface area is 114 Å². The Kier molecular flexibility index (Phi) is 5.39. The molecule has 0 amide bonds. The van der Waals surface area contributed by atoms with Crippen LogP contribution in [0.25, 0.3) is 0 Å². The summed E-state index contributed by atoms with van der Waals surface area (Å²) in [5, 5.41) is 13.3. The highest BCUT2D eigenvalue weighted by Crippen LogP contribution is 2.31. The van der Waals surface area contributed by atoms with Crippen molar-refractivity contribution in [1.82, 2.24) is 5.32 Å². The van der Waals surface area contributed by atoms with Crippen molar-refractivity contribution in [3.05, 3.63) is 29.3 Å². The van der Waals surface area contributed by atoms with Crippen molar-refractivity contribution in [3.8, 4) is 5.75 Å². The van der Waals surface area contributed by atoms with Gasteiger partial charge in [-0.05, 0) is 73.9 Å². The van der Waals surface area contributed by atoms with E-state index in [4.69, 9.17) is 0 Å². The summed E-state index contributed by atoms with van der Waals surface area (Å²) in [6.07, 6.45) is 8.28. The maximum atomic E-state index is 9.62. The zero-order chi connectivity index (χ0) is 12.8. The standard InChI is InChI=1S/C15H23NOS/c1-18-10-3-2-9-16-15-6-4-5-12-7-8-13(17)11-14(12)15/h7-8,11,15-17H,2-6,9-10H2,1H3. The number of hydrogen-bond acceptors (Lipinski definition) is 3. The van der Waals surface area contributed by atoms with Crippen molar-refractivity contribution in [1.29, 1.82) is 0 Å². The predicted molar refractivity (Wildman–Crippen MR) is 79.4 cm³/mol. The molecule has 0 saturated heterocycles. The SMILES string of the molecule is CSCCCCNC1CCCc2ccc(O)cc21. The van der Waals surface area contributed by atoms with E-state index < -0.39 is 0 Å². The van der Waals surface area contributed by atoms with Crippen LogP contribution in [0.2, 0.25) is 0 Å². The minimum atomic E-state index is 0.393. The van der Waals surface area contributed by atoms with Crippen LogP contribution in [0.1, 0.15) is 42.9 Å². The fourth-order valence-electron chi connectivity index (χ4n) is 2.65. The van der Waals surface area contributed by atoms with Gasteiger partial charge in [-0.15, -0.1) is 0 Å². The van der Waals surface area contributed by atoms with Gasteiger partial charge < -0.3 is 10.4 Å². The lowest BCUT2D eigenvalue weighted by Crippen LogP contribution is -2.26. The second-order valence-corrected chi connectivity index (χ2v) is 5.97. The first-order valence-corrected chi connectivity index (χ1v) is 8.25. The van der Waals surface area contributed by atoms with Crippen molar-refractivity contribution < 1.29 is 5.11 Å². The van der Waals surface area contributed by atoms with Gasteiger partial charge in [0.15, 0.2) is 0 Å². The fraction of sp³-hybridized carbons (Fsp3) is 0.600. The molecule has 1 aliphatic carbocycles. The average molecular weight is 265 g/mol. The van der Waals surface area contributed by atoms with Crippen molar-refractivity contribution in [3.63, 3.8) is 0 Å². The molecule has 0 spiro atoms. The molecule has 1 unspecified atom stereocenters. The summed E-state index contributed by atoms with van der Waals surface area (Å²) in [5.74, 6) is 1.65. The van der Waals surface area contributed by atoms with Gasteiger partial charge >= 0.3 is 0 Å². The lowest BCUT2D eigenvalue weighted by atomic mass is 9.87. The predicted octanol–water partition coefficient (Wildman–Crippen LogP) is 3.50. The summed E-state index contributed by atoms with van der Waals surface area (Å²) in [6, 6.07) is 6.26. The number of thioether (sulfide) groups is 1. The highest BCUT2D eigenvalue weighted by atomic mass is 32.2. The summed E-state index contributed by atoms with van der Waals surface area (Å²) in [7, 11) is 0. The van der Waals surface area contributed by atoms with E-state index in [0.29, 0.717) is 11.8 Å². The van der Waals surface area contributed by atoms with Gasteiger partial charge in [-0.25, -0.2) is 0 Å². The Balaban J connectivity index is 1.89. The molecule has 1 aliphatic rings. The summed E-state index contributed by atoms with van der Waals surface area (Å²) in [4.78, 5) is 0. The highest BCUT2D eigenvalue weighted by Gasteiger charge is 2.19. The monoisotopic (exact) mass is 265 g/mol. The Morgan fingerprint density at radius 3 is 3.11 bits per heavy atom. The Hall–Kier alpha value is -0.670. The van der Waals surface area contributed by atoms with Gasteiger partial charge in [-0.3, -0.25) is 0 Å². The van der Waals surface area contributed by atoms with Crippen LogP contribution in [0.15, 0.2) is 18.2 Å². The van der Waals surface area contributed by atoms with E-state index in [1.165, 1.54) is 42.6 Å². The molecule has 2 N–H and O–H groups in total. The van der Waals surface area contributed by atoms with Crippen LogP contribution in [0.5, 0.6) is 5.75 Å². The molecule has 2 nitrogen and oxygen atoms in total. The van der Waals surface area contributed by atoms with E-state index in [0.717, 1.165) is 13.0 Å². The smallest absolute Gasteiger partial charge is 0.115 e. The first-order chi connectivity index (χ1) is 8.81. The molecule has 1 aromatic carbocycles. The first kappa shape index (κ1) is 13.8. The van der Waals surface area contributed by atoms with Crippen LogP contribution in [0.3, 0.4) is 0 Å². The van der Waals surface area contributed by atoms with Crippen LogP contribution < -0.4 is 5.32 Å². The maximum absolute atomic E-state index is 9.62. The van der Waals surface area contributed by atoms with Gasteiger partial charge in [0.25, 0.3) is 0 Å². The van der Waals surface area contributed by atoms with Gasteiger partial charge in [-0.2, -0.15) is 11.8 Å². The van der Waals surface area contributed by atoms with Crippen molar-refractivity contribution in [2.75, 3.05) is 18.6 Å². The number of benzene rings is 1. The van der Waals surface area contributed by atoms with E-state index in [1.807, 2.05) is 17.8 Å². The third-order valence-electron chi connectivity index (χ3n) is 3.61. The topological polar surface area (TPSA) is 32.3 Å². The van der Waals surface area contributed by atoms with Crippen LogP contribution in [-0.2, 0) is 6.42 Å². The summed E-state index contributed by atoms with van der Waals surface area (Å²) < 4.78 is 0. The van der Waals surface area contributed by atoms with E-state index in [2.05, 4.69) is 17.6 Å². The number of phenolic OH excluding ortho intramolecular Hbond substituents is 1. The summed E-state index contributed by atoms with van der Waals surface area (Å²) in [6.45, 7) is 1.08. The molecular weight excluding hydrogens is 242 g/mol. The Morgan fingerprint density at radius 2 is 2.28 bits per heavy atom. The van der Waals surface area contributed by atoms with Gasteiger partial charge in [0.2, 0.25) is 0 Å². The highest BCUT2D eigenvalue weighted by molar-refractivity contribution is 7.98. The van der Waals surface area contributed by atoms with E-state index in [1.54, 1.807) is 6.07 Å². The maximum Gasteiger partial charge on any atom is 0.115 e. The Bertz CT molecular complexity index is 381. The summed E-state index contributed by atoms with van der Waals surface area (Å²) in [5.41, 5.74) is 2.71. The summed E-state index contributed by atoms with van der Waals surface area (Å²) >= 11 is 1.92. The van der Waals surface area contributed by atoms with E-state index >= 15 is 0 Å². The molecule has 0 heterocycles. The number of fused-ring (bicyclic) bond motifs is 1. The lowest BCUT2D eigenvalue weighted by molar-refractivity contribution is 0.443. The molecule has 1 atom stereocenters. The second kappa shape index (κ2) is 7.05. The van der Waals surface area contributed by atoms with Crippen molar-refractivity contribution >= 4 is 11.8 Å². The molecule has 0 aromatic heterocycles. The number of aromatic hydroxyl groups is 1. The lowest BCUT2D eigenvalue weighted by Gasteiger charge is -2.26. The van der Waals surface area contributed by atoms with Crippen molar-refractivity contribution in [2.45, 2.75) is 38.1 Å². The molecule has 0 aliphatic heterocycles. The molecule has 0 bridgehead atoms. The third kappa shape index (κ3) is 3.66. The van der Waals surface area contributed by atoms with Crippen LogP contribution in [-0.4, -0.2) is 23.7 Å². The largest absolute Gasteiger partial charge is 0.508 e. The minimum absolute atomic E-state index is 0.393. The van der Waals surface area contributed by atoms with Gasteiger partial charge in [0.05, 0.1) is 0 Å². The molecular formula is C15H23NOS. The van der Waals surface area contributed by atoms with Crippen LogP contribution >= 0.6 is 11.8 Å². The van der Waals surface area contributed by atoms with Crippen LogP contribution in [0, 0.1) is 0 Å². The molecule has 0 saturated carbocycles. The molecule has 1 aromatic rings. The number of nitrogens with one attached hydrogen (secondary N) is 1. The molecule has 0 fully saturated rings. The van der Waals surface area contributed by atoms with Crippen molar-refractivity contribution in [2.24, 2.45) is 0 Å². The number of hydrogen-bond donors (Lipinski definition) is 2. The molecule has 0 radical (unpaired) electrons. The average Bonchev–Trinajstić information content (AvgIpc) is 2.39. The minimum Gasteiger partial charge on any atom is -0.508 e. The molecule has 100 valence electrons. The molecule has 3 heteroatoms. The quantitative estimate of drug-likeness (QED) is 0.772. The zero-order valence-corrected chi connectivity index (χ0v) is 11.9. The number of rotatable bonds is 6. The molecule has 18 heavy (non-hydrogen) atoms. The number of unbranched alkanes of at least 4 members (excludes halogenated alkanes) is 1. The van der Waals surface area contributed by atoms with Crippen LogP contribution in [0.4, 0.5) is 0 Å². The molecule has 2 rings (SSSR count). The van der Waals surface area contributed by atoms with Gasteiger partial charge in [0.1, 0.15) is 5.75 Å². The zero-order valence-electron chi connectivity index (χ0n) is 11.1. The van der Waals surface area contributed by atoms with Gasteiger partial charge in [-0.1, -0.05) is 6.07 Å². The second-order valence-electron chi connectivity index (χ2n) is 4.98. The third-order valence-corrected chi connectivity index (χ3v) is 4.31. The fourth-order valence-corrected chi connectivity index (χ4v) is 3.14. The number of aryl methyl sites for hydroxylation is 1.